The van der Waals surface area contributed by atoms with Gasteiger partial charge in [-0.2, -0.15) is 0 Å². The fourth-order valence-corrected chi connectivity index (χ4v) is 2.01. The molecule has 5 nitrogen and oxygen atoms in total. The SMILES string of the molecule is CCCCN(C)C(=O)c1cnc(Nc2ccc(Cl)cc2)nc1. The zero-order valence-electron chi connectivity index (χ0n) is 12.7. The number of carbonyl (C=O) groups excluding carboxylic acids is 1. The Kier molecular flexibility index (Phi) is 5.72. The molecule has 0 aliphatic carbocycles. The van der Waals surface area contributed by atoms with Crippen LogP contribution in [0.3, 0.4) is 0 Å². The first kappa shape index (κ1) is 16.2. The summed E-state index contributed by atoms with van der Waals surface area (Å²) in [7, 11) is 1.79. The number of unbranched alkanes of at least 4 members (excludes halogenated alkanes) is 1. The molecule has 2 aromatic rings. The minimum Gasteiger partial charge on any atom is -0.342 e. The maximum atomic E-state index is 12.2. The second kappa shape index (κ2) is 7.75. The number of amides is 1. The van der Waals surface area contributed by atoms with E-state index in [9.17, 15) is 4.79 Å². The average molecular weight is 319 g/mol. The van der Waals surface area contributed by atoms with Crippen molar-refractivity contribution in [2.45, 2.75) is 19.8 Å². The van der Waals surface area contributed by atoms with Gasteiger partial charge in [-0.05, 0) is 30.7 Å². The smallest absolute Gasteiger partial charge is 0.256 e. The zero-order valence-corrected chi connectivity index (χ0v) is 13.5. The number of aromatic nitrogens is 2. The van der Waals surface area contributed by atoms with Gasteiger partial charge in [-0.3, -0.25) is 4.79 Å². The molecule has 1 aromatic carbocycles. The van der Waals surface area contributed by atoms with Crippen LogP contribution >= 0.6 is 11.6 Å². The summed E-state index contributed by atoms with van der Waals surface area (Å²) in [5.41, 5.74) is 1.32. The van der Waals surface area contributed by atoms with E-state index in [1.165, 1.54) is 12.4 Å². The Labute approximate surface area is 135 Å². The van der Waals surface area contributed by atoms with Crippen molar-refractivity contribution in [3.05, 3.63) is 47.2 Å². The highest BCUT2D eigenvalue weighted by molar-refractivity contribution is 6.30. The summed E-state index contributed by atoms with van der Waals surface area (Å²) in [6.45, 7) is 2.83. The predicted molar refractivity (Wildman–Crippen MR) is 88.6 cm³/mol. The topological polar surface area (TPSA) is 58.1 Å². The maximum Gasteiger partial charge on any atom is 0.256 e. The second-order valence-corrected chi connectivity index (χ2v) is 5.44. The molecule has 2 rings (SSSR count). The van der Waals surface area contributed by atoms with Crippen molar-refractivity contribution < 1.29 is 4.79 Å². The van der Waals surface area contributed by atoms with Gasteiger partial charge in [-0.15, -0.1) is 0 Å². The normalized spacial score (nSPS) is 10.3. The van der Waals surface area contributed by atoms with E-state index in [0.29, 0.717) is 16.5 Å². The molecule has 0 aliphatic heterocycles. The molecule has 1 amide bonds. The molecular formula is C16H19ClN4O. The minimum atomic E-state index is -0.0634. The quantitative estimate of drug-likeness (QED) is 0.881. The van der Waals surface area contributed by atoms with Gasteiger partial charge in [0, 0.05) is 36.7 Å². The Morgan fingerprint density at radius 1 is 1.23 bits per heavy atom. The van der Waals surface area contributed by atoms with E-state index in [2.05, 4.69) is 22.2 Å². The van der Waals surface area contributed by atoms with Crippen molar-refractivity contribution in [1.29, 1.82) is 0 Å². The highest BCUT2D eigenvalue weighted by Crippen LogP contribution is 2.16. The fourth-order valence-electron chi connectivity index (χ4n) is 1.88. The van der Waals surface area contributed by atoms with Gasteiger partial charge >= 0.3 is 0 Å². The monoisotopic (exact) mass is 318 g/mol. The van der Waals surface area contributed by atoms with Crippen molar-refractivity contribution in [1.82, 2.24) is 14.9 Å². The molecule has 1 aromatic heterocycles. The van der Waals surface area contributed by atoms with Crippen molar-refractivity contribution in [2.75, 3.05) is 18.9 Å². The largest absolute Gasteiger partial charge is 0.342 e. The van der Waals surface area contributed by atoms with Crippen LogP contribution in [0.15, 0.2) is 36.7 Å². The zero-order chi connectivity index (χ0) is 15.9. The number of hydrogen-bond donors (Lipinski definition) is 1. The van der Waals surface area contributed by atoms with Gasteiger partial charge in [0.1, 0.15) is 0 Å². The lowest BCUT2D eigenvalue weighted by molar-refractivity contribution is 0.0792. The van der Waals surface area contributed by atoms with Crippen LogP contribution in [0, 0.1) is 0 Å². The molecule has 0 bridgehead atoms. The number of benzene rings is 1. The number of hydrogen-bond acceptors (Lipinski definition) is 4. The third-order valence-electron chi connectivity index (χ3n) is 3.19. The summed E-state index contributed by atoms with van der Waals surface area (Å²) in [5.74, 6) is 0.376. The van der Waals surface area contributed by atoms with Gasteiger partial charge in [0.05, 0.1) is 5.56 Å². The van der Waals surface area contributed by atoms with E-state index >= 15 is 0 Å². The van der Waals surface area contributed by atoms with Crippen LogP contribution < -0.4 is 5.32 Å². The number of carbonyl (C=O) groups is 1. The van der Waals surface area contributed by atoms with Crippen LogP contribution in [-0.4, -0.2) is 34.4 Å². The van der Waals surface area contributed by atoms with Crippen LogP contribution in [-0.2, 0) is 0 Å². The predicted octanol–water partition coefficient (Wildman–Crippen LogP) is 3.75. The number of nitrogens with one attached hydrogen (secondary N) is 1. The minimum absolute atomic E-state index is 0.0634. The second-order valence-electron chi connectivity index (χ2n) is 5.01. The number of halogens is 1. The van der Waals surface area contributed by atoms with Crippen molar-refractivity contribution >= 4 is 29.1 Å². The first-order valence-corrected chi connectivity index (χ1v) is 7.58. The molecule has 0 spiro atoms. The highest BCUT2D eigenvalue weighted by atomic mass is 35.5. The Morgan fingerprint density at radius 2 is 1.86 bits per heavy atom. The Bertz CT molecular complexity index is 613. The third-order valence-corrected chi connectivity index (χ3v) is 3.44. The molecule has 0 saturated carbocycles. The molecular weight excluding hydrogens is 300 g/mol. The fraction of sp³-hybridized carbons (Fsp3) is 0.312. The maximum absolute atomic E-state index is 12.2. The van der Waals surface area contributed by atoms with Crippen LogP contribution in [0.5, 0.6) is 0 Å². The molecule has 1 heterocycles. The molecule has 1 N–H and O–H groups in total. The van der Waals surface area contributed by atoms with Crippen LogP contribution in [0.1, 0.15) is 30.1 Å². The van der Waals surface area contributed by atoms with E-state index in [1.54, 1.807) is 24.1 Å². The molecule has 6 heteroatoms. The van der Waals surface area contributed by atoms with Crippen molar-refractivity contribution in [3.8, 4) is 0 Å². The van der Waals surface area contributed by atoms with E-state index in [-0.39, 0.29) is 5.91 Å². The van der Waals surface area contributed by atoms with Gasteiger partial charge in [0.2, 0.25) is 5.95 Å². The van der Waals surface area contributed by atoms with Crippen LogP contribution in [0.25, 0.3) is 0 Å². The third kappa shape index (κ3) is 4.43. The molecule has 116 valence electrons. The van der Waals surface area contributed by atoms with Crippen LogP contribution in [0.2, 0.25) is 5.02 Å². The summed E-state index contributed by atoms with van der Waals surface area (Å²) >= 11 is 5.83. The molecule has 0 saturated heterocycles. The summed E-state index contributed by atoms with van der Waals surface area (Å²) in [6.07, 6.45) is 5.11. The molecule has 0 aliphatic rings. The lowest BCUT2D eigenvalue weighted by Gasteiger charge is -2.16. The molecule has 0 fully saturated rings. The lowest BCUT2D eigenvalue weighted by atomic mass is 10.2. The summed E-state index contributed by atoms with van der Waals surface area (Å²) in [5, 5.41) is 3.72. The first-order valence-electron chi connectivity index (χ1n) is 7.20. The van der Waals surface area contributed by atoms with E-state index in [0.717, 1.165) is 25.1 Å². The molecule has 0 unspecified atom stereocenters. The van der Waals surface area contributed by atoms with Gasteiger partial charge in [0.25, 0.3) is 5.91 Å². The Hall–Kier alpha value is -2.14. The molecule has 0 atom stereocenters. The number of anilines is 2. The van der Waals surface area contributed by atoms with E-state index in [1.807, 2.05) is 12.1 Å². The van der Waals surface area contributed by atoms with Gasteiger partial charge in [0.15, 0.2) is 0 Å². The Morgan fingerprint density at radius 3 is 2.45 bits per heavy atom. The van der Waals surface area contributed by atoms with Gasteiger partial charge < -0.3 is 10.2 Å². The number of nitrogens with zero attached hydrogens (tertiary/aromatic N) is 3. The summed E-state index contributed by atoms with van der Waals surface area (Å²) < 4.78 is 0. The molecule has 22 heavy (non-hydrogen) atoms. The first-order chi connectivity index (χ1) is 10.6. The summed E-state index contributed by atoms with van der Waals surface area (Å²) in [6, 6.07) is 7.24. The van der Waals surface area contributed by atoms with E-state index in [4.69, 9.17) is 11.6 Å². The Balaban J connectivity index is 2.00. The van der Waals surface area contributed by atoms with Crippen LogP contribution in [0.4, 0.5) is 11.6 Å². The number of rotatable bonds is 6. The van der Waals surface area contributed by atoms with Gasteiger partial charge in [-0.1, -0.05) is 24.9 Å². The average Bonchev–Trinajstić information content (AvgIpc) is 2.55. The van der Waals surface area contributed by atoms with Crippen molar-refractivity contribution in [2.24, 2.45) is 0 Å². The van der Waals surface area contributed by atoms with Crippen molar-refractivity contribution in [3.63, 3.8) is 0 Å². The summed E-state index contributed by atoms with van der Waals surface area (Å²) in [4.78, 5) is 22.2. The van der Waals surface area contributed by atoms with Gasteiger partial charge in [-0.25, -0.2) is 9.97 Å². The highest BCUT2D eigenvalue weighted by Gasteiger charge is 2.12. The van der Waals surface area contributed by atoms with E-state index < -0.39 is 0 Å². The molecule has 0 radical (unpaired) electrons. The standard InChI is InChI=1S/C16H19ClN4O/c1-3-4-9-21(2)15(22)12-10-18-16(19-11-12)20-14-7-5-13(17)6-8-14/h5-8,10-11H,3-4,9H2,1-2H3,(H,18,19,20). The lowest BCUT2D eigenvalue weighted by Crippen LogP contribution is -2.27.